The topological polar surface area (TPSA) is 44.0 Å². The smallest absolute Gasteiger partial charge is 0.120 e. The Hall–Kier alpha value is -3.00. The number of aryl methyl sites for hydroxylation is 2. The fourth-order valence-electron chi connectivity index (χ4n) is 5.03. The first-order chi connectivity index (χ1) is 17.5. The van der Waals surface area contributed by atoms with Gasteiger partial charge in [-0.15, -0.1) is 0 Å². The van der Waals surface area contributed by atoms with Gasteiger partial charge in [-0.3, -0.25) is 4.90 Å². The summed E-state index contributed by atoms with van der Waals surface area (Å²) in [5, 5.41) is 2.39. The summed E-state index contributed by atoms with van der Waals surface area (Å²) < 4.78 is 22.1. The molecule has 1 aliphatic heterocycles. The Labute approximate surface area is 213 Å². The van der Waals surface area contributed by atoms with Gasteiger partial charge < -0.3 is 28.2 Å². The first kappa shape index (κ1) is 24.7. The van der Waals surface area contributed by atoms with Crippen LogP contribution >= 0.6 is 0 Å². The highest BCUT2D eigenvalue weighted by atomic mass is 16.5. The molecule has 0 bridgehead atoms. The Kier molecular flexibility index (Phi) is 7.51. The van der Waals surface area contributed by atoms with Gasteiger partial charge in [-0.25, -0.2) is 0 Å². The molecule has 1 fully saturated rings. The third kappa shape index (κ3) is 5.38. The average Bonchev–Trinajstić information content (AvgIpc) is 3.38. The molecule has 192 valence electrons. The SMILES string of the molecule is CN(C)CCCOc1ccc2c(c1)c(-c1cc3cc(OCCN4CCOCC4)ccc3n1C)cn2C. The number of benzene rings is 2. The zero-order chi connectivity index (χ0) is 25.1. The molecule has 2 aromatic carbocycles. The van der Waals surface area contributed by atoms with Crippen LogP contribution < -0.4 is 9.47 Å². The van der Waals surface area contributed by atoms with E-state index < -0.39 is 0 Å². The molecule has 1 aliphatic rings. The third-order valence-electron chi connectivity index (χ3n) is 7.05. The molecule has 0 N–H and O–H groups in total. The highest BCUT2D eigenvalue weighted by Crippen LogP contribution is 2.36. The van der Waals surface area contributed by atoms with Crippen molar-refractivity contribution < 1.29 is 14.2 Å². The van der Waals surface area contributed by atoms with E-state index in [1.807, 2.05) is 0 Å². The Balaban J connectivity index is 1.36. The van der Waals surface area contributed by atoms with Crippen molar-refractivity contribution in [3.63, 3.8) is 0 Å². The molecule has 0 radical (unpaired) electrons. The van der Waals surface area contributed by atoms with E-state index >= 15 is 0 Å². The molecule has 0 saturated carbocycles. The average molecular weight is 491 g/mol. The van der Waals surface area contributed by atoms with E-state index in [0.29, 0.717) is 13.2 Å². The minimum atomic E-state index is 0.686. The molecular formula is C29H38N4O3. The van der Waals surface area contributed by atoms with Gasteiger partial charge in [-0.2, -0.15) is 0 Å². The quantitative estimate of drug-likeness (QED) is 0.309. The molecule has 0 spiro atoms. The maximum Gasteiger partial charge on any atom is 0.120 e. The predicted molar refractivity (Wildman–Crippen MR) is 146 cm³/mol. The summed E-state index contributed by atoms with van der Waals surface area (Å²) in [6, 6.07) is 15.1. The number of morpholine rings is 1. The van der Waals surface area contributed by atoms with E-state index in [0.717, 1.165) is 57.3 Å². The van der Waals surface area contributed by atoms with E-state index in [-0.39, 0.29) is 0 Å². The Bertz CT molecular complexity index is 1320. The van der Waals surface area contributed by atoms with Crippen molar-refractivity contribution in [2.24, 2.45) is 14.1 Å². The van der Waals surface area contributed by atoms with E-state index in [9.17, 15) is 0 Å². The lowest BCUT2D eigenvalue weighted by atomic mass is 10.1. The van der Waals surface area contributed by atoms with Gasteiger partial charge in [0, 0.05) is 73.8 Å². The lowest BCUT2D eigenvalue weighted by Gasteiger charge is -2.26. The van der Waals surface area contributed by atoms with Crippen LogP contribution in [-0.4, -0.2) is 85.6 Å². The number of rotatable bonds is 10. The van der Waals surface area contributed by atoms with Crippen LogP contribution in [0.4, 0.5) is 0 Å². The van der Waals surface area contributed by atoms with Gasteiger partial charge in [0.2, 0.25) is 0 Å². The summed E-state index contributed by atoms with van der Waals surface area (Å²) in [4.78, 5) is 4.58. The minimum absolute atomic E-state index is 0.686. The fraction of sp³-hybridized carbons (Fsp3) is 0.448. The van der Waals surface area contributed by atoms with Gasteiger partial charge in [-0.05, 0) is 63.0 Å². The van der Waals surface area contributed by atoms with Crippen molar-refractivity contribution in [1.82, 2.24) is 18.9 Å². The summed E-state index contributed by atoms with van der Waals surface area (Å²) in [5.41, 5.74) is 4.78. The second-order valence-corrected chi connectivity index (χ2v) is 9.95. The lowest BCUT2D eigenvalue weighted by Crippen LogP contribution is -2.38. The highest BCUT2D eigenvalue weighted by molar-refractivity contribution is 5.99. The van der Waals surface area contributed by atoms with Crippen LogP contribution in [0.1, 0.15) is 6.42 Å². The predicted octanol–water partition coefficient (Wildman–Crippen LogP) is 4.38. The number of hydrogen-bond donors (Lipinski definition) is 0. The van der Waals surface area contributed by atoms with Crippen LogP contribution in [0.5, 0.6) is 11.5 Å². The monoisotopic (exact) mass is 490 g/mol. The molecule has 1 saturated heterocycles. The second kappa shape index (κ2) is 10.9. The molecule has 0 unspecified atom stereocenters. The van der Waals surface area contributed by atoms with Crippen LogP contribution in [-0.2, 0) is 18.8 Å². The molecule has 2 aromatic heterocycles. The van der Waals surface area contributed by atoms with E-state index in [1.54, 1.807) is 0 Å². The third-order valence-corrected chi connectivity index (χ3v) is 7.05. The molecule has 0 aliphatic carbocycles. The van der Waals surface area contributed by atoms with Crippen LogP contribution in [0, 0.1) is 0 Å². The Morgan fingerprint density at radius 2 is 1.61 bits per heavy atom. The number of nitrogens with zero attached hydrogens (tertiary/aromatic N) is 4. The Morgan fingerprint density at radius 3 is 2.39 bits per heavy atom. The van der Waals surface area contributed by atoms with Crippen LogP contribution in [0.25, 0.3) is 33.1 Å². The molecule has 7 heteroatoms. The maximum absolute atomic E-state index is 6.11. The summed E-state index contributed by atoms with van der Waals surface area (Å²) in [7, 11) is 8.42. The lowest BCUT2D eigenvalue weighted by molar-refractivity contribution is 0.0322. The number of hydrogen-bond acceptors (Lipinski definition) is 5. The fourth-order valence-corrected chi connectivity index (χ4v) is 5.03. The maximum atomic E-state index is 6.11. The van der Waals surface area contributed by atoms with Crippen molar-refractivity contribution in [2.45, 2.75) is 6.42 Å². The molecule has 0 atom stereocenters. The number of fused-ring (bicyclic) bond motifs is 2. The molecule has 0 amide bonds. The van der Waals surface area contributed by atoms with E-state index in [1.165, 1.54) is 33.1 Å². The second-order valence-electron chi connectivity index (χ2n) is 9.95. The van der Waals surface area contributed by atoms with E-state index in [4.69, 9.17) is 14.2 Å². The van der Waals surface area contributed by atoms with Gasteiger partial charge in [0.1, 0.15) is 18.1 Å². The highest BCUT2D eigenvalue weighted by Gasteiger charge is 2.16. The summed E-state index contributed by atoms with van der Waals surface area (Å²) in [6.45, 7) is 6.95. The van der Waals surface area contributed by atoms with Gasteiger partial charge >= 0.3 is 0 Å². The van der Waals surface area contributed by atoms with Crippen molar-refractivity contribution in [2.75, 3.05) is 66.7 Å². The van der Waals surface area contributed by atoms with Crippen molar-refractivity contribution in [3.8, 4) is 22.8 Å². The molecule has 4 aromatic rings. The molecule has 36 heavy (non-hydrogen) atoms. The first-order valence-electron chi connectivity index (χ1n) is 12.9. The zero-order valence-corrected chi connectivity index (χ0v) is 22.0. The van der Waals surface area contributed by atoms with Gasteiger partial charge in [-0.1, -0.05) is 0 Å². The minimum Gasteiger partial charge on any atom is -0.494 e. The molecule has 5 rings (SSSR count). The standard InChI is InChI=1S/C29H38N4O3/c1-30(2)10-5-14-35-24-7-9-28-25(20-24)26(21-31(28)3)29-19-22-18-23(6-8-27(22)32(29)4)36-17-13-33-11-15-34-16-12-33/h6-9,18-21H,5,10-17H2,1-4H3. The normalized spacial score (nSPS) is 14.8. The largest absolute Gasteiger partial charge is 0.494 e. The summed E-state index contributed by atoms with van der Waals surface area (Å²) in [5.74, 6) is 1.84. The van der Waals surface area contributed by atoms with Gasteiger partial charge in [0.05, 0.1) is 25.5 Å². The van der Waals surface area contributed by atoms with Crippen LogP contribution in [0.2, 0.25) is 0 Å². The van der Waals surface area contributed by atoms with Crippen LogP contribution in [0.3, 0.4) is 0 Å². The van der Waals surface area contributed by atoms with Crippen molar-refractivity contribution in [3.05, 3.63) is 48.7 Å². The number of ether oxygens (including phenoxy) is 3. The van der Waals surface area contributed by atoms with Crippen molar-refractivity contribution in [1.29, 1.82) is 0 Å². The van der Waals surface area contributed by atoms with Gasteiger partial charge in [0.25, 0.3) is 0 Å². The summed E-state index contributed by atoms with van der Waals surface area (Å²) in [6.07, 6.45) is 3.22. The van der Waals surface area contributed by atoms with Crippen LogP contribution in [0.15, 0.2) is 48.7 Å². The molecule has 3 heterocycles. The van der Waals surface area contributed by atoms with Gasteiger partial charge in [0.15, 0.2) is 0 Å². The van der Waals surface area contributed by atoms with E-state index in [2.05, 4.69) is 95.8 Å². The zero-order valence-electron chi connectivity index (χ0n) is 22.0. The number of aromatic nitrogens is 2. The molecular weight excluding hydrogens is 452 g/mol. The van der Waals surface area contributed by atoms with Crippen molar-refractivity contribution >= 4 is 21.8 Å². The molecule has 7 nitrogen and oxygen atoms in total. The Morgan fingerprint density at radius 1 is 0.889 bits per heavy atom. The summed E-state index contributed by atoms with van der Waals surface area (Å²) >= 11 is 0. The first-order valence-corrected chi connectivity index (χ1v) is 12.9.